The molecule has 0 aliphatic rings. The minimum absolute atomic E-state index is 0.139. The molecule has 0 saturated carbocycles. The van der Waals surface area contributed by atoms with Crippen molar-refractivity contribution in [2.45, 2.75) is 33.6 Å². The molecular weight excluding hydrogens is 409 g/mol. The average molecular weight is 438 g/mol. The number of halogens is 1. The van der Waals surface area contributed by atoms with Crippen molar-refractivity contribution in [2.75, 3.05) is 13.2 Å². The first kappa shape index (κ1) is 23.2. The summed E-state index contributed by atoms with van der Waals surface area (Å²) in [6, 6.07) is 15.7. The minimum atomic E-state index is -0.467. The molecule has 1 N–H and O–H groups in total. The van der Waals surface area contributed by atoms with Gasteiger partial charge in [-0.1, -0.05) is 30.3 Å². The molecule has 1 aromatic heterocycles. The molecule has 168 valence electrons. The van der Waals surface area contributed by atoms with Crippen LogP contribution in [0.4, 0.5) is 4.39 Å². The summed E-state index contributed by atoms with van der Waals surface area (Å²) in [6.45, 7) is 5.96. The number of aryl methyl sites for hydroxylation is 1. The standard InChI is InChI=1S/C25H28FN3O3/c1-4-32-25(31)20(14-19-8-6-5-7-9-19)16-27-24(30)15-23-17(2)28-29(18(23)3)22-12-10-21(26)11-13-22/h5-13,20H,4,14-16H2,1-3H3,(H,27,30). The third-order valence-corrected chi connectivity index (χ3v) is 5.34. The lowest BCUT2D eigenvalue weighted by Gasteiger charge is -2.16. The van der Waals surface area contributed by atoms with Gasteiger partial charge in [0.1, 0.15) is 5.82 Å². The Labute approximate surface area is 187 Å². The van der Waals surface area contributed by atoms with E-state index >= 15 is 0 Å². The molecule has 32 heavy (non-hydrogen) atoms. The van der Waals surface area contributed by atoms with Crippen molar-refractivity contribution < 1.29 is 18.7 Å². The number of benzene rings is 2. The third-order valence-electron chi connectivity index (χ3n) is 5.34. The van der Waals surface area contributed by atoms with Crippen molar-refractivity contribution in [3.8, 4) is 5.69 Å². The number of rotatable bonds is 9. The second-order valence-electron chi connectivity index (χ2n) is 7.66. The van der Waals surface area contributed by atoms with Gasteiger partial charge in [0.15, 0.2) is 0 Å². The molecule has 1 atom stereocenters. The van der Waals surface area contributed by atoms with Crippen LogP contribution in [-0.2, 0) is 27.2 Å². The van der Waals surface area contributed by atoms with Crippen LogP contribution >= 0.6 is 0 Å². The molecule has 0 aliphatic carbocycles. The fourth-order valence-corrected chi connectivity index (χ4v) is 3.62. The number of ether oxygens (including phenoxy) is 1. The number of nitrogens with zero attached hydrogens (tertiary/aromatic N) is 2. The van der Waals surface area contributed by atoms with Gasteiger partial charge in [0.05, 0.1) is 30.3 Å². The first-order valence-electron chi connectivity index (χ1n) is 10.7. The quantitative estimate of drug-likeness (QED) is 0.518. The first-order valence-corrected chi connectivity index (χ1v) is 10.7. The van der Waals surface area contributed by atoms with Gasteiger partial charge in [-0.2, -0.15) is 5.10 Å². The maximum Gasteiger partial charge on any atom is 0.311 e. The Kier molecular flexibility index (Phi) is 7.76. The van der Waals surface area contributed by atoms with Crippen LogP contribution < -0.4 is 5.32 Å². The average Bonchev–Trinajstić information content (AvgIpc) is 3.06. The summed E-state index contributed by atoms with van der Waals surface area (Å²) in [5, 5.41) is 7.38. The summed E-state index contributed by atoms with van der Waals surface area (Å²) in [5.74, 6) is -1.31. The number of hydrogen-bond donors (Lipinski definition) is 1. The Bertz CT molecular complexity index is 1060. The molecule has 0 fully saturated rings. The molecule has 2 aromatic carbocycles. The zero-order chi connectivity index (χ0) is 23.1. The van der Waals surface area contributed by atoms with Crippen LogP contribution in [0.5, 0.6) is 0 Å². The third kappa shape index (κ3) is 5.81. The SMILES string of the molecule is CCOC(=O)C(CNC(=O)Cc1c(C)nn(-c2ccc(F)cc2)c1C)Cc1ccccc1. The maximum atomic E-state index is 13.2. The van der Waals surface area contributed by atoms with Crippen LogP contribution in [0.25, 0.3) is 5.69 Å². The van der Waals surface area contributed by atoms with Gasteiger partial charge >= 0.3 is 5.97 Å². The molecule has 0 radical (unpaired) electrons. The highest BCUT2D eigenvalue weighted by Crippen LogP contribution is 2.19. The first-order chi connectivity index (χ1) is 15.4. The molecule has 0 aliphatic heterocycles. The van der Waals surface area contributed by atoms with E-state index in [0.29, 0.717) is 13.0 Å². The van der Waals surface area contributed by atoms with Crippen LogP contribution in [0.1, 0.15) is 29.4 Å². The number of carbonyl (C=O) groups is 2. The lowest BCUT2D eigenvalue weighted by atomic mass is 9.99. The van der Waals surface area contributed by atoms with Crippen molar-refractivity contribution in [1.82, 2.24) is 15.1 Å². The molecule has 6 nitrogen and oxygen atoms in total. The van der Waals surface area contributed by atoms with Crippen LogP contribution in [0.3, 0.4) is 0 Å². The zero-order valence-corrected chi connectivity index (χ0v) is 18.6. The van der Waals surface area contributed by atoms with Gasteiger partial charge in [0.25, 0.3) is 0 Å². The summed E-state index contributed by atoms with van der Waals surface area (Å²) >= 11 is 0. The van der Waals surface area contributed by atoms with Gasteiger partial charge in [-0.05, 0) is 57.0 Å². The lowest BCUT2D eigenvalue weighted by Crippen LogP contribution is -2.36. The Balaban J connectivity index is 1.67. The summed E-state index contributed by atoms with van der Waals surface area (Å²) in [7, 11) is 0. The number of esters is 1. The highest BCUT2D eigenvalue weighted by Gasteiger charge is 2.22. The van der Waals surface area contributed by atoms with E-state index in [0.717, 1.165) is 28.2 Å². The van der Waals surface area contributed by atoms with Crippen LogP contribution in [-0.4, -0.2) is 34.8 Å². The van der Waals surface area contributed by atoms with E-state index in [-0.39, 0.29) is 30.7 Å². The van der Waals surface area contributed by atoms with Gasteiger partial charge < -0.3 is 10.1 Å². The van der Waals surface area contributed by atoms with Crippen molar-refractivity contribution in [1.29, 1.82) is 0 Å². The number of aromatic nitrogens is 2. The van der Waals surface area contributed by atoms with Crippen molar-refractivity contribution in [2.24, 2.45) is 5.92 Å². The lowest BCUT2D eigenvalue weighted by molar-refractivity contribution is -0.147. The Morgan fingerprint density at radius 1 is 1.09 bits per heavy atom. The van der Waals surface area contributed by atoms with E-state index in [2.05, 4.69) is 10.4 Å². The van der Waals surface area contributed by atoms with E-state index in [1.54, 1.807) is 23.7 Å². The Morgan fingerprint density at radius 2 is 1.78 bits per heavy atom. The van der Waals surface area contributed by atoms with Gasteiger partial charge in [0, 0.05) is 17.8 Å². The monoisotopic (exact) mass is 437 g/mol. The summed E-state index contributed by atoms with van der Waals surface area (Å²) in [5.41, 5.74) is 4.09. The molecule has 0 saturated heterocycles. The van der Waals surface area contributed by atoms with Crippen molar-refractivity contribution in [3.05, 3.63) is 82.9 Å². The molecule has 0 bridgehead atoms. The number of carbonyl (C=O) groups excluding carboxylic acids is 2. The topological polar surface area (TPSA) is 73.2 Å². The predicted octanol–water partition coefficient (Wildman–Crippen LogP) is 3.71. The Morgan fingerprint density at radius 3 is 2.44 bits per heavy atom. The summed E-state index contributed by atoms with van der Waals surface area (Å²) in [6.07, 6.45) is 0.625. The van der Waals surface area contributed by atoms with Gasteiger partial charge in [0.2, 0.25) is 5.91 Å². The molecule has 1 unspecified atom stereocenters. The van der Waals surface area contributed by atoms with Crippen LogP contribution in [0.15, 0.2) is 54.6 Å². The van der Waals surface area contributed by atoms with Gasteiger partial charge in [-0.25, -0.2) is 9.07 Å². The van der Waals surface area contributed by atoms with Crippen LogP contribution in [0.2, 0.25) is 0 Å². The highest BCUT2D eigenvalue weighted by molar-refractivity contribution is 5.80. The normalized spacial score (nSPS) is 11.8. The van der Waals surface area contributed by atoms with Gasteiger partial charge in [-0.15, -0.1) is 0 Å². The van der Waals surface area contributed by atoms with Gasteiger partial charge in [-0.3, -0.25) is 9.59 Å². The number of nitrogens with one attached hydrogen (secondary N) is 1. The van der Waals surface area contributed by atoms with E-state index in [9.17, 15) is 14.0 Å². The number of hydrogen-bond acceptors (Lipinski definition) is 4. The second kappa shape index (κ2) is 10.7. The predicted molar refractivity (Wildman–Crippen MR) is 120 cm³/mol. The Hall–Kier alpha value is -3.48. The molecule has 0 spiro atoms. The zero-order valence-electron chi connectivity index (χ0n) is 18.6. The van der Waals surface area contributed by atoms with E-state index in [1.165, 1.54) is 12.1 Å². The fraction of sp³-hybridized carbons (Fsp3) is 0.320. The molecule has 3 rings (SSSR count). The highest BCUT2D eigenvalue weighted by atomic mass is 19.1. The smallest absolute Gasteiger partial charge is 0.311 e. The van der Waals surface area contributed by atoms with E-state index in [4.69, 9.17) is 4.74 Å². The molecule has 1 heterocycles. The van der Waals surface area contributed by atoms with E-state index in [1.807, 2.05) is 44.2 Å². The molecule has 3 aromatic rings. The number of amides is 1. The van der Waals surface area contributed by atoms with Crippen molar-refractivity contribution >= 4 is 11.9 Å². The summed E-state index contributed by atoms with van der Waals surface area (Å²) < 4.78 is 20.1. The van der Waals surface area contributed by atoms with Crippen molar-refractivity contribution in [3.63, 3.8) is 0 Å². The molecule has 1 amide bonds. The van der Waals surface area contributed by atoms with Crippen LogP contribution in [0, 0.1) is 25.6 Å². The van der Waals surface area contributed by atoms with E-state index < -0.39 is 5.92 Å². The molecule has 7 heteroatoms. The minimum Gasteiger partial charge on any atom is -0.466 e. The summed E-state index contributed by atoms with van der Waals surface area (Å²) in [4.78, 5) is 25.1. The largest absolute Gasteiger partial charge is 0.466 e. The maximum absolute atomic E-state index is 13.2. The molecular formula is C25H28FN3O3. The fourth-order valence-electron chi connectivity index (χ4n) is 3.62. The second-order valence-corrected chi connectivity index (χ2v) is 7.66.